The first-order valence-electron chi connectivity index (χ1n) is 11.6. The molecule has 38 heavy (non-hydrogen) atoms. The summed E-state index contributed by atoms with van der Waals surface area (Å²) in [6.07, 6.45) is 2.37. The number of amides is 3. The molecule has 0 spiro atoms. The number of hydrogen-bond donors (Lipinski definition) is 3. The number of nitrogens with one attached hydrogen (secondary N) is 3. The van der Waals surface area contributed by atoms with Gasteiger partial charge in [0.25, 0.3) is 0 Å². The molecule has 3 amide bonds. The van der Waals surface area contributed by atoms with Crippen molar-refractivity contribution in [3.8, 4) is 11.5 Å². The summed E-state index contributed by atoms with van der Waals surface area (Å²) in [5, 5.41) is 7.39. The molecule has 0 aliphatic rings. The molecule has 0 aliphatic heterocycles. The Hall–Kier alpha value is -4.73. The van der Waals surface area contributed by atoms with Gasteiger partial charge in [-0.1, -0.05) is 30.3 Å². The van der Waals surface area contributed by atoms with Gasteiger partial charge in [0, 0.05) is 12.5 Å². The van der Waals surface area contributed by atoms with E-state index in [2.05, 4.69) is 16.0 Å². The second-order valence-electron chi connectivity index (χ2n) is 8.04. The van der Waals surface area contributed by atoms with Crippen LogP contribution < -0.4 is 25.4 Å². The van der Waals surface area contributed by atoms with E-state index in [0.29, 0.717) is 17.1 Å². The number of carbonyl (C=O) groups excluding carboxylic acids is 3. The Morgan fingerprint density at radius 3 is 2.05 bits per heavy atom. The van der Waals surface area contributed by atoms with E-state index in [1.807, 2.05) is 0 Å². The van der Waals surface area contributed by atoms with E-state index in [9.17, 15) is 23.2 Å². The number of ether oxygens (including phenoxy) is 2. The van der Waals surface area contributed by atoms with E-state index >= 15 is 0 Å². The topological polar surface area (TPSA) is 106 Å². The second-order valence-corrected chi connectivity index (χ2v) is 8.04. The van der Waals surface area contributed by atoms with Crippen LogP contribution in [0.2, 0.25) is 0 Å². The molecule has 1 atom stereocenters. The molecule has 0 saturated carbocycles. The fourth-order valence-corrected chi connectivity index (χ4v) is 3.45. The van der Waals surface area contributed by atoms with Crippen molar-refractivity contribution in [2.75, 3.05) is 24.9 Å². The smallest absolute Gasteiger partial charge is 0.247 e. The lowest BCUT2D eigenvalue weighted by Crippen LogP contribution is -2.43. The molecule has 0 heterocycles. The van der Waals surface area contributed by atoms with Crippen LogP contribution in [0.25, 0.3) is 6.08 Å². The van der Waals surface area contributed by atoms with Crippen LogP contribution in [-0.2, 0) is 14.4 Å². The van der Waals surface area contributed by atoms with Crippen molar-refractivity contribution in [2.45, 2.75) is 18.9 Å². The average Bonchev–Trinajstić information content (AvgIpc) is 2.92. The number of hydrogen-bond acceptors (Lipinski definition) is 5. The maximum atomic E-state index is 14.1. The van der Waals surface area contributed by atoms with Crippen molar-refractivity contribution in [1.82, 2.24) is 5.32 Å². The first-order chi connectivity index (χ1) is 18.3. The van der Waals surface area contributed by atoms with Crippen LogP contribution in [0.4, 0.5) is 20.2 Å². The zero-order valence-corrected chi connectivity index (χ0v) is 20.8. The number of halogens is 2. The SMILES string of the molecule is COc1ccc(/C=C/C(=O)N[C@@H](CCC(=O)Nc2ccccc2F)C(=O)Nc2ccccc2F)cc1OC. The predicted octanol–water partition coefficient (Wildman–Crippen LogP) is 4.54. The highest BCUT2D eigenvalue weighted by Crippen LogP contribution is 2.28. The molecular formula is C28H27F2N3O5. The molecule has 3 aromatic carbocycles. The molecule has 3 N–H and O–H groups in total. The number of anilines is 2. The minimum atomic E-state index is -1.19. The van der Waals surface area contributed by atoms with E-state index in [1.54, 1.807) is 30.3 Å². The van der Waals surface area contributed by atoms with E-state index in [1.165, 1.54) is 62.8 Å². The van der Waals surface area contributed by atoms with E-state index in [0.717, 1.165) is 0 Å². The normalized spacial score (nSPS) is 11.5. The monoisotopic (exact) mass is 523 g/mol. The molecule has 8 nitrogen and oxygen atoms in total. The van der Waals surface area contributed by atoms with Crippen molar-refractivity contribution in [1.29, 1.82) is 0 Å². The fraction of sp³-hybridized carbons (Fsp3) is 0.179. The molecular weight excluding hydrogens is 496 g/mol. The van der Waals surface area contributed by atoms with Crippen LogP contribution in [0.15, 0.2) is 72.8 Å². The highest BCUT2D eigenvalue weighted by molar-refractivity contribution is 6.00. The zero-order valence-electron chi connectivity index (χ0n) is 20.8. The molecule has 0 aliphatic carbocycles. The molecule has 0 fully saturated rings. The van der Waals surface area contributed by atoms with Crippen LogP contribution in [-0.4, -0.2) is 38.0 Å². The van der Waals surface area contributed by atoms with Gasteiger partial charge in [-0.05, 0) is 54.5 Å². The van der Waals surface area contributed by atoms with Gasteiger partial charge in [0.15, 0.2) is 11.5 Å². The van der Waals surface area contributed by atoms with Gasteiger partial charge in [0.05, 0.1) is 25.6 Å². The number of para-hydroxylation sites is 2. The minimum absolute atomic E-state index is 0.00764. The van der Waals surface area contributed by atoms with Gasteiger partial charge in [-0.25, -0.2) is 8.78 Å². The van der Waals surface area contributed by atoms with Crippen LogP contribution in [0, 0.1) is 11.6 Å². The number of benzene rings is 3. The average molecular weight is 524 g/mol. The number of carbonyl (C=O) groups is 3. The summed E-state index contributed by atoms with van der Waals surface area (Å²) in [5.41, 5.74) is 0.551. The van der Waals surface area contributed by atoms with Gasteiger partial charge in [0.1, 0.15) is 17.7 Å². The summed E-state index contributed by atoms with van der Waals surface area (Å²) in [7, 11) is 2.99. The molecule has 0 aromatic heterocycles. The Kier molecular flexibility index (Phi) is 9.93. The van der Waals surface area contributed by atoms with E-state index < -0.39 is 35.4 Å². The fourth-order valence-electron chi connectivity index (χ4n) is 3.45. The maximum absolute atomic E-state index is 14.1. The van der Waals surface area contributed by atoms with E-state index in [4.69, 9.17) is 9.47 Å². The second kappa shape index (κ2) is 13.5. The summed E-state index contributed by atoms with van der Waals surface area (Å²) in [6.45, 7) is 0. The third-order valence-electron chi connectivity index (χ3n) is 5.41. The molecule has 3 rings (SSSR count). The molecule has 198 valence electrons. The Bertz CT molecular complexity index is 1330. The van der Waals surface area contributed by atoms with Gasteiger partial charge in [-0.3, -0.25) is 14.4 Å². The number of methoxy groups -OCH3 is 2. The van der Waals surface area contributed by atoms with Gasteiger partial charge < -0.3 is 25.4 Å². The third-order valence-corrected chi connectivity index (χ3v) is 5.41. The van der Waals surface area contributed by atoms with Crippen molar-refractivity contribution in [3.05, 3.63) is 90.0 Å². The van der Waals surface area contributed by atoms with Crippen LogP contribution in [0.5, 0.6) is 11.5 Å². The standard InChI is InChI=1S/C28H27F2N3O5/c1-37-24-14-11-18(17-25(24)38-2)12-15-26(34)32-23(28(36)33-22-10-6-4-8-20(22)30)13-16-27(35)31-21-9-5-3-7-19(21)29/h3-12,14-15,17,23H,13,16H2,1-2H3,(H,31,35)(H,32,34)(H,33,36)/b15-12+/t23-/m0/s1. The highest BCUT2D eigenvalue weighted by Gasteiger charge is 2.22. The van der Waals surface area contributed by atoms with Gasteiger partial charge in [0.2, 0.25) is 17.7 Å². The summed E-state index contributed by atoms with van der Waals surface area (Å²) < 4.78 is 38.3. The van der Waals surface area contributed by atoms with Crippen molar-refractivity contribution < 1.29 is 32.6 Å². The predicted molar refractivity (Wildman–Crippen MR) is 140 cm³/mol. The van der Waals surface area contributed by atoms with E-state index in [-0.39, 0.29) is 24.2 Å². The first-order valence-corrected chi connectivity index (χ1v) is 11.6. The molecule has 0 radical (unpaired) electrons. The zero-order chi connectivity index (χ0) is 27.5. The minimum Gasteiger partial charge on any atom is -0.493 e. The van der Waals surface area contributed by atoms with Crippen molar-refractivity contribution >= 4 is 35.2 Å². The van der Waals surface area contributed by atoms with Gasteiger partial charge in [-0.2, -0.15) is 0 Å². The quantitative estimate of drug-likeness (QED) is 0.320. The summed E-state index contributed by atoms with van der Waals surface area (Å²) in [6, 6.07) is 15.1. The Morgan fingerprint density at radius 1 is 0.842 bits per heavy atom. The third kappa shape index (κ3) is 7.89. The number of rotatable bonds is 11. The molecule has 3 aromatic rings. The van der Waals surface area contributed by atoms with Crippen LogP contribution in [0.3, 0.4) is 0 Å². The van der Waals surface area contributed by atoms with Gasteiger partial charge >= 0.3 is 0 Å². The Balaban J connectivity index is 1.70. The lowest BCUT2D eigenvalue weighted by atomic mass is 10.1. The maximum Gasteiger partial charge on any atom is 0.247 e. The molecule has 0 saturated heterocycles. The first kappa shape index (κ1) is 27.9. The summed E-state index contributed by atoms with van der Waals surface area (Å²) in [4.78, 5) is 38.0. The Morgan fingerprint density at radius 2 is 1.45 bits per heavy atom. The molecule has 10 heteroatoms. The highest BCUT2D eigenvalue weighted by atomic mass is 19.1. The van der Waals surface area contributed by atoms with Crippen LogP contribution in [0.1, 0.15) is 18.4 Å². The van der Waals surface area contributed by atoms with Crippen molar-refractivity contribution in [2.24, 2.45) is 0 Å². The Labute approximate surface area is 218 Å². The van der Waals surface area contributed by atoms with Gasteiger partial charge in [-0.15, -0.1) is 0 Å². The lowest BCUT2D eigenvalue weighted by molar-refractivity contribution is -0.124. The summed E-state index contributed by atoms with van der Waals surface area (Å²) >= 11 is 0. The largest absolute Gasteiger partial charge is 0.493 e. The van der Waals surface area contributed by atoms with Crippen molar-refractivity contribution in [3.63, 3.8) is 0 Å². The molecule has 0 unspecified atom stereocenters. The molecule has 0 bridgehead atoms. The van der Waals surface area contributed by atoms with Crippen LogP contribution >= 0.6 is 0 Å². The summed E-state index contributed by atoms with van der Waals surface area (Å²) in [5.74, 6) is -2.18. The lowest BCUT2D eigenvalue weighted by Gasteiger charge is -2.18.